The maximum absolute atomic E-state index is 10.8. The van der Waals surface area contributed by atoms with Crippen molar-refractivity contribution in [2.75, 3.05) is 5.73 Å². The quantitative estimate of drug-likeness (QED) is 0.566. The predicted molar refractivity (Wildman–Crippen MR) is 44.6 cm³/mol. The molecule has 0 aliphatic carbocycles. The van der Waals surface area contributed by atoms with Crippen LogP contribution in [-0.2, 0) is 0 Å². The van der Waals surface area contributed by atoms with E-state index >= 15 is 0 Å². The lowest BCUT2D eigenvalue weighted by atomic mass is 10.3. The molecular formula is C7H6N4O. The molecule has 2 rings (SSSR count). The summed E-state index contributed by atoms with van der Waals surface area (Å²) in [5.74, 6) is 0. The van der Waals surface area contributed by atoms with Gasteiger partial charge < -0.3 is 10.7 Å². The summed E-state index contributed by atoms with van der Waals surface area (Å²) in [4.78, 5) is 20.8. The number of rotatable bonds is 0. The molecule has 0 atom stereocenters. The lowest BCUT2D eigenvalue weighted by molar-refractivity contribution is 1.11. The Bertz CT molecular complexity index is 476. The summed E-state index contributed by atoms with van der Waals surface area (Å²) < 4.78 is 0. The Hall–Kier alpha value is -1.91. The molecule has 2 aromatic heterocycles. The van der Waals surface area contributed by atoms with Gasteiger partial charge in [-0.2, -0.15) is 4.98 Å². The number of nitrogen functional groups attached to an aromatic ring is 1. The first kappa shape index (κ1) is 6.78. The number of nitrogens with one attached hydrogen (secondary N) is 1. The fraction of sp³-hybridized carbons (Fsp3) is 0. The number of H-pyrrole nitrogens is 1. The van der Waals surface area contributed by atoms with E-state index in [1.54, 1.807) is 6.07 Å². The second kappa shape index (κ2) is 2.30. The number of anilines is 1. The Morgan fingerprint density at radius 2 is 2.17 bits per heavy atom. The summed E-state index contributed by atoms with van der Waals surface area (Å²) in [7, 11) is 0. The van der Waals surface area contributed by atoms with Crippen molar-refractivity contribution >= 4 is 16.7 Å². The molecule has 0 radical (unpaired) electrons. The van der Waals surface area contributed by atoms with Gasteiger partial charge >= 0.3 is 5.69 Å². The van der Waals surface area contributed by atoms with E-state index in [1.165, 1.54) is 12.4 Å². The molecule has 0 fully saturated rings. The molecule has 0 aromatic carbocycles. The topological polar surface area (TPSA) is 84.7 Å². The Morgan fingerprint density at radius 1 is 1.33 bits per heavy atom. The largest absolute Gasteiger partial charge is 0.397 e. The molecule has 0 unspecified atom stereocenters. The molecule has 0 bridgehead atoms. The summed E-state index contributed by atoms with van der Waals surface area (Å²) in [6.07, 6.45) is 2.93. The van der Waals surface area contributed by atoms with Gasteiger partial charge in [-0.15, -0.1) is 0 Å². The van der Waals surface area contributed by atoms with E-state index < -0.39 is 5.69 Å². The van der Waals surface area contributed by atoms with Crippen LogP contribution in [0.5, 0.6) is 0 Å². The van der Waals surface area contributed by atoms with Crippen LogP contribution in [-0.4, -0.2) is 15.0 Å². The van der Waals surface area contributed by atoms with Crippen LogP contribution in [0, 0.1) is 0 Å². The van der Waals surface area contributed by atoms with Crippen LogP contribution in [0.25, 0.3) is 11.0 Å². The Labute approximate surface area is 67.3 Å². The lowest BCUT2D eigenvalue weighted by Gasteiger charge is -1.95. The second-order valence-corrected chi connectivity index (χ2v) is 2.39. The zero-order valence-electron chi connectivity index (χ0n) is 6.11. The number of nitrogens with zero attached hydrogens (tertiary/aromatic N) is 2. The van der Waals surface area contributed by atoms with Crippen molar-refractivity contribution in [1.82, 2.24) is 15.0 Å². The van der Waals surface area contributed by atoms with E-state index in [0.717, 1.165) is 0 Å². The van der Waals surface area contributed by atoms with Crippen LogP contribution in [0.15, 0.2) is 23.3 Å². The molecule has 2 heterocycles. The first-order valence-electron chi connectivity index (χ1n) is 3.36. The number of aromatic nitrogens is 3. The summed E-state index contributed by atoms with van der Waals surface area (Å²) in [5.41, 5.74) is 6.83. The van der Waals surface area contributed by atoms with Crippen LogP contribution in [0.1, 0.15) is 0 Å². The summed E-state index contributed by atoms with van der Waals surface area (Å²) >= 11 is 0. The molecule has 0 aliphatic rings. The van der Waals surface area contributed by atoms with Crippen LogP contribution >= 0.6 is 0 Å². The zero-order chi connectivity index (χ0) is 8.55. The molecule has 2 aromatic rings. The highest BCUT2D eigenvalue weighted by Gasteiger charge is 1.95. The SMILES string of the molecule is Nc1cnc2cnc(=O)[nH]c2c1. The van der Waals surface area contributed by atoms with Crippen molar-refractivity contribution in [3.05, 3.63) is 28.9 Å². The third kappa shape index (κ3) is 1.01. The Morgan fingerprint density at radius 3 is 3.00 bits per heavy atom. The lowest BCUT2D eigenvalue weighted by Crippen LogP contribution is -2.09. The smallest absolute Gasteiger partial charge is 0.345 e. The molecular weight excluding hydrogens is 156 g/mol. The van der Waals surface area contributed by atoms with Crippen molar-refractivity contribution in [3.8, 4) is 0 Å². The molecule has 0 saturated carbocycles. The van der Waals surface area contributed by atoms with E-state index in [-0.39, 0.29) is 0 Å². The van der Waals surface area contributed by atoms with Crippen LogP contribution in [0.4, 0.5) is 5.69 Å². The molecule has 12 heavy (non-hydrogen) atoms. The molecule has 3 N–H and O–H groups in total. The maximum atomic E-state index is 10.8. The monoisotopic (exact) mass is 162 g/mol. The highest BCUT2D eigenvalue weighted by Crippen LogP contribution is 2.07. The van der Waals surface area contributed by atoms with Gasteiger partial charge in [0.05, 0.1) is 23.6 Å². The van der Waals surface area contributed by atoms with Gasteiger partial charge in [-0.1, -0.05) is 0 Å². The van der Waals surface area contributed by atoms with Gasteiger partial charge in [-0.25, -0.2) is 4.79 Å². The van der Waals surface area contributed by atoms with Crippen molar-refractivity contribution in [2.45, 2.75) is 0 Å². The summed E-state index contributed by atoms with van der Waals surface area (Å²) in [5, 5.41) is 0. The van der Waals surface area contributed by atoms with E-state index in [2.05, 4.69) is 15.0 Å². The van der Waals surface area contributed by atoms with Gasteiger partial charge in [0.15, 0.2) is 0 Å². The van der Waals surface area contributed by atoms with Crippen molar-refractivity contribution in [1.29, 1.82) is 0 Å². The van der Waals surface area contributed by atoms with E-state index in [9.17, 15) is 4.79 Å². The molecule has 0 amide bonds. The Balaban J connectivity index is 2.89. The standard InChI is InChI=1S/C7H6N4O/c8-4-1-5-6(9-2-4)3-10-7(12)11-5/h1-3H,8H2,(H,10,11,12). The predicted octanol–water partition coefficient (Wildman–Crippen LogP) is -0.0997. The molecule has 0 aliphatic heterocycles. The maximum Gasteiger partial charge on any atom is 0.345 e. The molecule has 5 nitrogen and oxygen atoms in total. The normalized spacial score (nSPS) is 10.3. The molecule has 0 saturated heterocycles. The third-order valence-electron chi connectivity index (χ3n) is 1.49. The van der Waals surface area contributed by atoms with Crippen molar-refractivity contribution in [2.24, 2.45) is 0 Å². The van der Waals surface area contributed by atoms with Gasteiger partial charge in [0, 0.05) is 0 Å². The average Bonchev–Trinajstić information content (AvgIpc) is 2.03. The summed E-state index contributed by atoms with van der Waals surface area (Å²) in [6.45, 7) is 0. The average molecular weight is 162 g/mol. The van der Waals surface area contributed by atoms with E-state index in [0.29, 0.717) is 16.7 Å². The van der Waals surface area contributed by atoms with Crippen LogP contribution in [0.2, 0.25) is 0 Å². The zero-order valence-corrected chi connectivity index (χ0v) is 6.11. The van der Waals surface area contributed by atoms with Gasteiger partial charge in [-0.3, -0.25) is 4.98 Å². The fourth-order valence-electron chi connectivity index (χ4n) is 0.962. The molecule has 0 spiro atoms. The minimum atomic E-state index is -0.394. The van der Waals surface area contributed by atoms with Gasteiger partial charge in [0.2, 0.25) is 0 Å². The number of nitrogens with two attached hydrogens (primary N) is 1. The van der Waals surface area contributed by atoms with Crippen molar-refractivity contribution < 1.29 is 0 Å². The van der Waals surface area contributed by atoms with Crippen molar-refractivity contribution in [3.63, 3.8) is 0 Å². The highest BCUT2D eigenvalue weighted by atomic mass is 16.1. The fourth-order valence-corrected chi connectivity index (χ4v) is 0.962. The Kier molecular flexibility index (Phi) is 1.30. The first-order chi connectivity index (χ1) is 5.75. The summed E-state index contributed by atoms with van der Waals surface area (Å²) in [6, 6.07) is 1.64. The minimum Gasteiger partial charge on any atom is -0.397 e. The van der Waals surface area contributed by atoms with Crippen LogP contribution in [0.3, 0.4) is 0 Å². The van der Waals surface area contributed by atoms with Gasteiger partial charge in [-0.05, 0) is 6.07 Å². The first-order valence-corrected chi connectivity index (χ1v) is 3.36. The number of hydrogen-bond donors (Lipinski definition) is 2. The minimum absolute atomic E-state index is 0.394. The number of aromatic amines is 1. The van der Waals surface area contributed by atoms with Gasteiger partial charge in [0.25, 0.3) is 0 Å². The van der Waals surface area contributed by atoms with E-state index in [4.69, 9.17) is 5.73 Å². The van der Waals surface area contributed by atoms with E-state index in [1.807, 2.05) is 0 Å². The number of pyridine rings is 1. The molecule has 60 valence electrons. The number of hydrogen-bond acceptors (Lipinski definition) is 4. The van der Waals surface area contributed by atoms with Crippen LogP contribution < -0.4 is 11.4 Å². The molecule has 5 heteroatoms. The highest BCUT2D eigenvalue weighted by molar-refractivity contribution is 5.75. The number of fused-ring (bicyclic) bond motifs is 1. The van der Waals surface area contributed by atoms with Gasteiger partial charge in [0.1, 0.15) is 5.52 Å². The second-order valence-electron chi connectivity index (χ2n) is 2.39. The third-order valence-corrected chi connectivity index (χ3v) is 1.49.